The van der Waals surface area contributed by atoms with Crippen molar-refractivity contribution in [3.05, 3.63) is 65.7 Å². The number of rotatable bonds is 5. The fraction of sp³-hybridized carbons (Fsp3) is 0.455. The van der Waals surface area contributed by atoms with Crippen LogP contribution in [0.1, 0.15) is 63.0 Å². The highest BCUT2D eigenvalue weighted by molar-refractivity contribution is 7.91. The molecule has 3 rings (SSSR count). The topological polar surface area (TPSA) is 34.1 Å². The van der Waals surface area contributed by atoms with E-state index in [-0.39, 0.29) is 17.1 Å². The van der Waals surface area contributed by atoms with Gasteiger partial charge in [-0.05, 0) is 41.9 Å². The van der Waals surface area contributed by atoms with Crippen molar-refractivity contribution in [2.45, 2.75) is 56.8 Å². The lowest BCUT2D eigenvalue weighted by Crippen LogP contribution is -2.29. The minimum Gasteiger partial charge on any atom is -0.224 e. The van der Waals surface area contributed by atoms with Gasteiger partial charge in [-0.3, -0.25) is 0 Å². The second-order valence-corrected chi connectivity index (χ2v) is 9.38. The van der Waals surface area contributed by atoms with Crippen molar-refractivity contribution in [2.75, 3.05) is 5.75 Å². The first-order chi connectivity index (χ1) is 12.0. The summed E-state index contributed by atoms with van der Waals surface area (Å²) in [7, 11) is -3.27. The summed E-state index contributed by atoms with van der Waals surface area (Å²) in [5.41, 5.74) is 2.05. The second kappa shape index (κ2) is 7.33. The fourth-order valence-corrected chi connectivity index (χ4v) is 6.55. The number of hydrogen-bond donors (Lipinski definition) is 0. The summed E-state index contributed by atoms with van der Waals surface area (Å²) in [5, 5.41) is 0. The third-order valence-corrected chi connectivity index (χ3v) is 7.81. The van der Waals surface area contributed by atoms with Gasteiger partial charge in [-0.2, -0.15) is 0 Å². The summed E-state index contributed by atoms with van der Waals surface area (Å²) >= 11 is 0. The van der Waals surface area contributed by atoms with Gasteiger partial charge in [0.2, 0.25) is 0 Å². The van der Waals surface area contributed by atoms with Gasteiger partial charge in [-0.25, -0.2) is 8.42 Å². The highest BCUT2D eigenvalue weighted by Crippen LogP contribution is 2.48. The maximum Gasteiger partial charge on any atom is 0.179 e. The summed E-state index contributed by atoms with van der Waals surface area (Å²) < 4.78 is 26.4. The van der Waals surface area contributed by atoms with Crippen LogP contribution in [0, 0.1) is 5.41 Å². The van der Waals surface area contributed by atoms with E-state index >= 15 is 0 Å². The number of hydrogen-bond acceptors (Lipinski definition) is 2. The first-order valence-electron chi connectivity index (χ1n) is 9.38. The molecule has 2 nitrogen and oxygen atoms in total. The standard InChI is InChI=1S/C22H28O2S/c1-3-5-15-22(4-2)16-20(18-11-7-6-8-12-18)19-13-9-10-14-21(19)25(23,24)17-22/h6-14,20H,3-5,15-17H2,1-2H3/t20?,22-/m0/s1. The summed E-state index contributed by atoms with van der Waals surface area (Å²) in [6, 6.07) is 18.0. The van der Waals surface area contributed by atoms with Crippen LogP contribution in [-0.2, 0) is 9.84 Å². The van der Waals surface area contributed by atoms with Gasteiger partial charge in [0.25, 0.3) is 0 Å². The Kier molecular flexibility index (Phi) is 5.33. The molecular weight excluding hydrogens is 328 g/mol. The molecule has 0 spiro atoms. The Balaban J connectivity index is 2.17. The summed E-state index contributed by atoms with van der Waals surface area (Å²) in [6.07, 6.45) is 4.98. The number of fused-ring (bicyclic) bond motifs is 1. The van der Waals surface area contributed by atoms with Crippen molar-refractivity contribution in [2.24, 2.45) is 5.41 Å². The van der Waals surface area contributed by atoms with E-state index in [4.69, 9.17) is 0 Å². The van der Waals surface area contributed by atoms with E-state index in [1.54, 1.807) is 6.07 Å². The molecular formula is C22H28O2S. The van der Waals surface area contributed by atoms with Gasteiger partial charge >= 0.3 is 0 Å². The van der Waals surface area contributed by atoms with Crippen LogP contribution in [0.4, 0.5) is 0 Å². The van der Waals surface area contributed by atoms with E-state index in [0.717, 1.165) is 37.7 Å². The number of benzene rings is 2. The maximum atomic E-state index is 13.2. The van der Waals surface area contributed by atoms with Crippen molar-refractivity contribution >= 4 is 9.84 Å². The van der Waals surface area contributed by atoms with E-state index < -0.39 is 9.84 Å². The van der Waals surface area contributed by atoms with Crippen molar-refractivity contribution in [1.29, 1.82) is 0 Å². The van der Waals surface area contributed by atoms with Gasteiger partial charge in [0.1, 0.15) is 0 Å². The molecule has 1 aliphatic heterocycles. The smallest absolute Gasteiger partial charge is 0.179 e. The van der Waals surface area contributed by atoms with Crippen LogP contribution < -0.4 is 0 Å². The summed E-state index contributed by atoms with van der Waals surface area (Å²) in [5.74, 6) is 0.420. The van der Waals surface area contributed by atoms with Gasteiger partial charge in [-0.1, -0.05) is 75.2 Å². The summed E-state index contributed by atoms with van der Waals surface area (Å²) in [4.78, 5) is 0.538. The SMILES string of the molecule is CCCC[C@@]1(CC)CC(c2ccccc2)c2ccccc2S(=O)(=O)C1. The van der Waals surface area contributed by atoms with E-state index in [1.807, 2.05) is 24.3 Å². The average molecular weight is 357 g/mol. The highest BCUT2D eigenvalue weighted by Gasteiger charge is 2.41. The first kappa shape index (κ1) is 18.2. The van der Waals surface area contributed by atoms with E-state index in [1.165, 1.54) is 5.56 Å². The molecule has 2 aromatic carbocycles. The molecule has 0 N–H and O–H groups in total. The molecule has 1 heterocycles. The Morgan fingerprint density at radius 2 is 1.68 bits per heavy atom. The zero-order chi connectivity index (χ0) is 17.9. The van der Waals surface area contributed by atoms with Gasteiger partial charge in [0, 0.05) is 5.92 Å². The molecule has 0 fully saturated rings. The summed E-state index contributed by atoms with van der Waals surface area (Å²) in [6.45, 7) is 4.33. The monoisotopic (exact) mass is 356 g/mol. The molecule has 3 heteroatoms. The molecule has 1 aliphatic rings. The van der Waals surface area contributed by atoms with Crippen molar-refractivity contribution in [3.63, 3.8) is 0 Å². The van der Waals surface area contributed by atoms with Crippen LogP contribution in [0.3, 0.4) is 0 Å². The molecule has 0 amide bonds. The molecule has 25 heavy (non-hydrogen) atoms. The molecule has 2 aromatic rings. The molecule has 0 aliphatic carbocycles. The molecule has 1 unspecified atom stereocenters. The fourth-order valence-electron chi connectivity index (χ4n) is 4.27. The Morgan fingerprint density at radius 3 is 2.36 bits per heavy atom. The van der Waals surface area contributed by atoms with Gasteiger partial charge in [0.05, 0.1) is 10.6 Å². The maximum absolute atomic E-state index is 13.2. The van der Waals surface area contributed by atoms with Crippen molar-refractivity contribution < 1.29 is 8.42 Å². The van der Waals surface area contributed by atoms with E-state index in [0.29, 0.717) is 4.90 Å². The van der Waals surface area contributed by atoms with Crippen LogP contribution in [0.25, 0.3) is 0 Å². The molecule has 0 aromatic heterocycles. The Labute approximate surface area is 152 Å². The van der Waals surface area contributed by atoms with Crippen LogP contribution in [0.2, 0.25) is 0 Å². The van der Waals surface area contributed by atoms with Crippen LogP contribution in [-0.4, -0.2) is 14.2 Å². The van der Waals surface area contributed by atoms with Gasteiger partial charge < -0.3 is 0 Å². The lowest BCUT2D eigenvalue weighted by molar-refractivity contribution is 0.247. The third-order valence-electron chi connectivity index (χ3n) is 5.78. The number of unbranched alkanes of at least 4 members (excludes halogenated alkanes) is 1. The molecule has 0 saturated heterocycles. The van der Waals surface area contributed by atoms with Crippen molar-refractivity contribution in [3.8, 4) is 0 Å². The molecule has 0 saturated carbocycles. The molecule has 134 valence electrons. The predicted molar refractivity (Wildman–Crippen MR) is 104 cm³/mol. The van der Waals surface area contributed by atoms with E-state index in [2.05, 4.69) is 38.1 Å². The largest absolute Gasteiger partial charge is 0.224 e. The minimum atomic E-state index is -3.27. The second-order valence-electron chi connectivity index (χ2n) is 7.42. The first-order valence-corrected chi connectivity index (χ1v) is 11.0. The quantitative estimate of drug-likeness (QED) is 0.700. The lowest BCUT2D eigenvalue weighted by atomic mass is 9.71. The van der Waals surface area contributed by atoms with E-state index in [9.17, 15) is 8.42 Å². The van der Waals surface area contributed by atoms with Gasteiger partial charge in [0.15, 0.2) is 9.84 Å². The van der Waals surface area contributed by atoms with Crippen LogP contribution >= 0.6 is 0 Å². The predicted octanol–water partition coefficient (Wildman–Crippen LogP) is 5.58. The Morgan fingerprint density at radius 1 is 1.00 bits per heavy atom. The minimum absolute atomic E-state index is 0.144. The lowest BCUT2D eigenvalue weighted by Gasteiger charge is -2.34. The molecule has 0 bridgehead atoms. The zero-order valence-corrected chi connectivity index (χ0v) is 16.1. The Bertz CT molecular complexity index is 811. The molecule has 0 radical (unpaired) electrons. The third kappa shape index (κ3) is 3.67. The normalized spacial score (nSPS) is 25.1. The van der Waals surface area contributed by atoms with Crippen molar-refractivity contribution in [1.82, 2.24) is 0 Å². The van der Waals surface area contributed by atoms with Crippen LogP contribution in [0.5, 0.6) is 0 Å². The van der Waals surface area contributed by atoms with Gasteiger partial charge in [-0.15, -0.1) is 0 Å². The zero-order valence-electron chi connectivity index (χ0n) is 15.2. The van der Waals surface area contributed by atoms with Crippen LogP contribution in [0.15, 0.2) is 59.5 Å². The highest BCUT2D eigenvalue weighted by atomic mass is 32.2. The number of sulfone groups is 1. The average Bonchev–Trinajstić information content (AvgIpc) is 2.74. The Hall–Kier alpha value is -1.61. The molecule has 2 atom stereocenters.